The number of amides is 1. The Morgan fingerprint density at radius 3 is 2.28 bits per heavy atom. The maximum absolute atomic E-state index is 12.5. The quantitative estimate of drug-likeness (QED) is 0.872. The summed E-state index contributed by atoms with van der Waals surface area (Å²) in [5.41, 5.74) is -1.34. The van der Waals surface area contributed by atoms with Crippen LogP contribution in [0, 0.1) is 0 Å². The second kappa shape index (κ2) is 7.49. The molecule has 1 aliphatic carbocycles. The van der Waals surface area contributed by atoms with E-state index in [9.17, 15) is 18.0 Å². The predicted octanol–water partition coefficient (Wildman–Crippen LogP) is 4.32. The molecule has 0 aliphatic heterocycles. The fourth-order valence-corrected chi connectivity index (χ4v) is 2.59. The zero-order chi connectivity index (χ0) is 18.7. The molecule has 0 spiro atoms. The number of hydrogen-bond acceptors (Lipinski definition) is 4. The first kappa shape index (κ1) is 19.3. The molecule has 1 heterocycles. The van der Waals surface area contributed by atoms with Crippen molar-refractivity contribution >= 4 is 6.09 Å². The number of carbonyl (C=O) groups is 1. The normalized spacial score (nSPS) is 21.5. The van der Waals surface area contributed by atoms with Crippen molar-refractivity contribution in [3.8, 4) is 5.88 Å². The molecular formula is C17H23F3N2O3. The van der Waals surface area contributed by atoms with Gasteiger partial charge in [0.2, 0.25) is 5.88 Å². The summed E-state index contributed by atoms with van der Waals surface area (Å²) in [5.74, 6) is 0.177. The van der Waals surface area contributed by atoms with Crippen LogP contribution in [0.4, 0.5) is 18.0 Å². The van der Waals surface area contributed by atoms with Crippen molar-refractivity contribution < 1.29 is 27.4 Å². The Morgan fingerprint density at radius 2 is 1.80 bits per heavy atom. The molecule has 1 amide bonds. The molecule has 25 heavy (non-hydrogen) atoms. The number of pyridine rings is 1. The largest absolute Gasteiger partial charge is 0.474 e. The Labute approximate surface area is 144 Å². The smallest absolute Gasteiger partial charge is 0.417 e. The van der Waals surface area contributed by atoms with Crippen molar-refractivity contribution in [2.24, 2.45) is 0 Å². The summed E-state index contributed by atoms with van der Waals surface area (Å²) in [6.07, 6.45) is -1.41. The average Bonchev–Trinajstić information content (AvgIpc) is 2.47. The van der Waals surface area contributed by atoms with Crippen LogP contribution in [0.5, 0.6) is 5.88 Å². The predicted molar refractivity (Wildman–Crippen MR) is 85.3 cm³/mol. The van der Waals surface area contributed by atoms with E-state index in [1.807, 2.05) is 0 Å². The minimum absolute atomic E-state index is 0.00950. The summed E-state index contributed by atoms with van der Waals surface area (Å²) in [6, 6.07) is 2.20. The van der Waals surface area contributed by atoms with Crippen LogP contribution in [0.1, 0.15) is 52.0 Å². The van der Waals surface area contributed by atoms with Crippen molar-refractivity contribution in [1.29, 1.82) is 0 Å². The van der Waals surface area contributed by atoms with Crippen LogP contribution in [0.2, 0.25) is 0 Å². The van der Waals surface area contributed by atoms with E-state index in [0.717, 1.165) is 12.3 Å². The van der Waals surface area contributed by atoms with Gasteiger partial charge in [0.1, 0.15) is 11.7 Å². The summed E-state index contributed by atoms with van der Waals surface area (Å²) in [5, 5.41) is 2.83. The monoisotopic (exact) mass is 360 g/mol. The zero-order valence-electron chi connectivity index (χ0n) is 14.5. The number of nitrogens with zero attached hydrogens (tertiary/aromatic N) is 1. The van der Waals surface area contributed by atoms with Gasteiger partial charge in [-0.05, 0) is 52.5 Å². The molecule has 8 heteroatoms. The molecule has 1 aliphatic rings. The number of alkyl carbamates (subject to hydrolysis) is 1. The van der Waals surface area contributed by atoms with Gasteiger partial charge < -0.3 is 14.8 Å². The van der Waals surface area contributed by atoms with Crippen LogP contribution in [0.15, 0.2) is 18.3 Å². The maximum Gasteiger partial charge on any atom is 0.417 e. The number of hydrogen-bond donors (Lipinski definition) is 1. The summed E-state index contributed by atoms with van der Waals surface area (Å²) in [6.45, 7) is 5.40. The molecular weight excluding hydrogens is 337 g/mol. The number of nitrogens with one attached hydrogen (secondary N) is 1. The van der Waals surface area contributed by atoms with Crippen molar-refractivity contribution in [3.63, 3.8) is 0 Å². The highest BCUT2D eigenvalue weighted by Gasteiger charge is 2.31. The van der Waals surface area contributed by atoms with Crippen LogP contribution in [0.3, 0.4) is 0 Å². The van der Waals surface area contributed by atoms with Gasteiger partial charge in [-0.1, -0.05) is 0 Å². The maximum atomic E-state index is 12.5. The van der Waals surface area contributed by atoms with Crippen molar-refractivity contribution in [2.45, 2.75) is 70.4 Å². The number of halogens is 3. The van der Waals surface area contributed by atoms with Gasteiger partial charge in [-0.15, -0.1) is 0 Å². The molecule has 2 rings (SSSR count). The fraction of sp³-hybridized carbons (Fsp3) is 0.647. The summed E-state index contributed by atoms with van der Waals surface area (Å²) >= 11 is 0. The number of aromatic nitrogens is 1. The van der Waals surface area contributed by atoms with E-state index in [2.05, 4.69) is 10.3 Å². The van der Waals surface area contributed by atoms with Crippen molar-refractivity contribution in [2.75, 3.05) is 0 Å². The lowest BCUT2D eigenvalue weighted by Gasteiger charge is -2.30. The number of ether oxygens (including phenoxy) is 2. The van der Waals surface area contributed by atoms with Gasteiger partial charge >= 0.3 is 12.3 Å². The molecule has 0 unspecified atom stereocenters. The first-order valence-electron chi connectivity index (χ1n) is 8.22. The van der Waals surface area contributed by atoms with Gasteiger partial charge in [-0.2, -0.15) is 13.2 Å². The van der Waals surface area contributed by atoms with E-state index in [-0.39, 0.29) is 18.0 Å². The molecule has 1 aromatic heterocycles. The highest BCUT2D eigenvalue weighted by atomic mass is 19.4. The van der Waals surface area contributed by atoms with Gasteiger partial charge in [0, 0.05) is 18.3 Å². The van der Waals surface area contributed by atoms with Crippen LogP contribution in [-0.2, 0) is 10.9 Å². The third-order valence-electron chi connectivity index (χ3n) is 3.75. The Hall–Kier alpha value is -1.99. The average molecular weight is 360 g/mol. The lowest BCUT2D eigenvalue weighted by Crippen LogP contribution is -2.42. The van der Waals surface area contributed by atoms with Crippen LogP contribution >= 0.6 is 0 Å². The van der Waals surface area contributed by atoms with E-state index < -0.39 is 23.4 Å². The van der Waals surface area contributed by atoms with Crippen LogP contribution < -0.4 is 10.1 Å². The van der Waals surface area contributed by atoms with Gasteiger partial charge in [0.05, 0.1) is 5.56 Å². The molecule has 0 saturated heterocycles. The molecule has 0 atom stereocenters. The fourth-order valence-electron chi connectivity index (χ4n) is 2.59. The molecule has 5 nitrogen and oxygen atoms in total. The van der Waals surface area contributed by atoms with Crippen molar-refractivity contribution in [3.05, 3.63) is 23.9 Å². The minimum Gasteiger partial charge on any atom is -0.474 e. The lowest BCUT2D eigenvalue weighted by atomic mass is 9.93. The molecule has 0 aromatic carbocycles. The minimum atomic E-state index is -4.41. The summed E-state index contributed by atoms with van der Waals surface area (Å²) in [4.78, 5) is 15.5. The molecule has 1 saturated carbocycles. The SMILES string of the molecule is CC(C)(C)OC(=O)NC1CCC(Oc2ccc(C(F)(F)F)cn2)CC1. The lowest BCUT2D eigenvalue weighted by molar-refractivity contribution is -0.137. The van der Waals surface area contributed by atoms with E-state index >= 15 is 0 Å². The van der Waals surface area contributed by atoms with Gasteiger partial charge in [0.15, 0.2) is 0 Å². The van der Waals surface area contributed by atoms with Gasteiger partial charge in [0.25, 0.3) is 0 Å². The standard InChI is InChI=1S/C17H23F3N2O3/c1-16(2,3)25-15(23)22-12-5-7-13(8-6-12)24-14-9-4-11(10-21-14)17(18,19)20/h4,9-10,12-13H,5-8H2,1-3H3,(H,22,23). The third-order valence-corrected chi connectivity index (χ3v) is 3.75. The number of rotatable bonds is 3. The van der Waals surface area contributed by atoms with E-state index in [1.165, 1.54) is 6.07 Å². The van der Waals surface area contributed by atoms with Crippen LogP contribution in [0.25, 0.3) is 0 Å². The molecule has 0 radical (unpaired) electrons. The second-order valence-corrected chi connectivity index (χ2v) is 7.12. The van der Waals surface area contributed by atoms with Crippen molar-refractivity contribution in [1.82, 2.24) is 10.3 Å². The van der Waals surface area contributed by atoms with Crippen LogP contribution in [-0.4, -0.2) is 28.8 Å². The van der Waals surface area contributed by atoms with E-state index in [1.54, 1.807) is 20.8 Å². The molecule has 1 aromatic rings. The highest BCUT2D eigenvalue weighted by molar-refractivity contribution is 5.68. The number of alkyl halides is 3. The summed E-state index contributed by atoms with van der Waals surface area (Å²) in [7, 11) is 0. The zero-order valence-corrected chi connectivity index (χ0v) is 14.5. The van der Waals surface area contributed by atoms with E-state index in [4.69, 9.17) is 9.47 Å². The molecule has 0 bridgehead atoms. The molecule has 140 valence electrons. The Balaban J connectivity index is 1.78. The summed E-state index contributed by atoms with van der Waals surface area (Å²) < 4.78 is 48.4. The molecule has 1 fully saturated rings. The van der Waals surface area contributed by atoms with Gasteiger partial charge in [-0.3, -0.25) is 0 Å². The third kappa shape index (κ3) is 6.43. The van der Waals surface area contributed by atoms with Gasteiger partial charge in [-0.25, -0.2) is 9.78 Å². The number of carbonyl (C=O) groups excluding carboxylic acids is 1. The highest BCUT2D eigenvalue weighted by Crippen LogP contribution is 2.30. The van der Waals surface area contributed by atoms with E-state index in [0.29, 0.717) is 25.7 Å². The Bertz CT molecular complexity index is 574. The topological polar surface area (TPSA) is 60.5 Å². The second-order valence-electron chi connectivity index (χ2n) is 7.12. The first-order valence-corrected chi connectivity index (χ1v) is 8.22. The first-order chi connectivity index (χ1) is 11.5. The Morgan fingerprint density at radius 1 is 1.16 bits per heavy atom. The molecule has 1 N–H and O–H groups in total. The Kier molecular flexibility index (Phi) is 5.80.